The molecule has 3 rings (SSSR count). The maximum Gasteiger partial charge on any atom is 0.357 e. The first-order chi connectivity index (χ1) is 13.1. The van der Waals surface area contributed by atoms with Crippen LogP contribution in [0.2, 0.25) is 0 Å². The molecule has 7 heteroatoms. The first-order valence-electron chi connectivity index (χ1n) is 8.10. The van der Waals surface area contributed by atoms with Gasteiger partial charge in [0, 0.05) is 5.56 Å². The van der Waals surface area contributed by atoms with E-state index in [1.165, 1.54) is 26.0 Å². The zero-order valence-corrected chi connectivity index (χ0v) is 15.1. The number of methoxy groups -OCH3 is 3. The van der Waals surface area contributed by atoms with E-state index in [4.69, 9.17) is 14.2 Å². The van der Waals surface area contributed by atoms with Gasteiger partial charge in [0.1, 0.15) is 17.0 Å². The lowest BCUT2D eigenvalue weighted by Crippen LogP contribution is -2.15. The highest BCUT2D eigenvalue weighted by Crippen LogP contribution is 2.34. The summed E-state index contributed by atoms with van der Waals surface area (Å²) in [5, 5.41) is 4.53. The van der Waals surface area contributed by atoms with Crippen LogP contribution in [0.4, 0.5) is 0 Å². The molecule has 0 aliphatic carbocycles. The minimum absolute atomic E-state index is 0.0118. The van der Waals surface area contributed by atoms with Crippen molar-refractivity contribution in [2.24, 2.45) is 0 Å². The average molecular weight is 366 g/mol. The molecule has 0 atom stereocenters. The molecule has 27 heavy (non-hydrogen) atoms. The van der Waals surface area contributed by atoms with Gasteiger partial charge in [0.2, 0.25) is 0 Å². The SMILES string of the molecule is COC(=O)c1c(-c2ccccc2OC)nn(-c2ccccc2)c1C(=O)OC. The van der Waals surface area contributed by atoms with E-state index in [1.54, 1.807) is 48.5 Å². The average Bonchev–Trinajstić information content (AvgIpc) is 3.13. The van der Waals surface area contributed by atoms with Crippen LogP contribution in [0.5, 0.6) is 5.75 Å². The Morgan fingerprint density at radius 1 is 0.852 bits per heavy atom. The molecule has 0 N–H and O–H groups in total. The smallest absolute Gasteiger partial charge is 0.357 e. The van der Waals surface area contributed by atoms with Crippen LogP contribution in [0.15, 0.2) is 54.6 Å². The molecule has 7 nitrogen and oxygen atoms in total. The number of rotatable bonds is 5. The second-order valence-corrected chi connectivity index (χ2v) is 5.50. The molecule has 1 aromatic heterocycles. The number of carbonyl (C=O) groups excluding carboxylic acids is 2. The molecule has 0 unspecified atom stereocenters. The Balaban J connectivity index is 2.38. The topological polar surface area (TPSA) is 79.7 Å². The Bertz CT molecular complexity index is 979. The third kappa shape index (κ3) is 3.27. The van der Waals surface area contributed by atoms with Gasteiger partial charge in [-0.2, -0.15) is 5.10 Å². The molecule has 0 amide bonds. The zero-order valence-electron chi connectivity index (χ0n) is 15.1. The molecule has 0 saturated heterocycles. The number of hydrogen-bond donors (Lipinski definition) is 0. The highest BCUT2D eigenvalue weighted by atomic mass is 16.5. The number of esters is 2. The Kier molecular flexibility index (Phi) is 5.21. The normalized spacial score (nSPS) is 10.3. The number of benzene rings is 2. The predicted octanol–water partition coefficient (Wildman–Crippen LogP) is 3.12. The van der Waals surface area contributed by atoms with Crippen LogP contribution in [0.25, 0.3) is 16.9 Å². The van der Waals surface area contributed by atoms with Gasteiger partial charge in [0.05, 0.1) is 27.0 Å². The van der Waals surface area contributed by atoms with Crippen LogP contribution in [0, 0.1) is 0 Å². The Labute approximate surface area is 156 Å². The largest absolute Gasteiger partial charge is 0.496 e. The van der Waals surface area contributed by atoms with Gasteiger partial charge >= 0.3 is 11.9 Å². The maximum absolute atomic E-state index is 12.6. The van der Waals surface area contributed by atoms with E-state index < -0.39 is 11.9 Å². The van der Waals surface area contributed by atoms with Crippen molar-refractivity contribution in [2.45, 2.75) is 0 Å². The molecule has 0 aliphatic rings. The molecule has 0 saturated carbocycles. The second-order valence-electron chi connectivity index (χ2n) is 5.50. The van der Waals surface area contributed by atoms with Gasteiger partial charge in [0.15, 0.2) is 5.69 Å². The van der Waals surface area contributed by atoms with Gasteiger partial charge in [-0.05, 0) is 24.3 Å². The van der Waals surface area contributed by atoms with Gasteiger partial charge < -0.3 is 14.2 Å². The predicted molar refractivity (Wildman–Crippen MR) is 98.2 cm³/mol. The summed E-state index contributed by atoms with van der Waals surface area (Å²) in [7, 11) is 4.01. The number of carbonyl (C=O) groups is 2. The summed E-state index contributed by atoms with van der Waals surface area (Å²) < 4.78 is 16.6. The van der Waals surface area contributed by atoms with Crippen LogP contribution >= 0.6 is 0 Å². The van der Waals surface area contributed by atoms with E-state index >= 15 is 0 Å². The van der Waals surface area contributed by atoms with Crippen molar-refractivity contribution in [1.29, 1.82) is 0 Å². The zero-order chi connectivity index (χ0) is 19.4. The number of para-hydroxylation sites is 2. The Morgan fingerprint density at radius 2 is 1.48 bits per heavy atom. The molecule has 0 bridgehead atoms. The monoisotopic (exact) mass is 366 g/mol. The molecule has 0 aliphatic heterocycles. The van der Waals surface area contributed by atoms with Gasteiger partial charge in [0.25, 0.3) is 0 Å². The van der Waals surface area contributed by atoms with Gasteiger partial charge in [-0.3, -0.25) is 0 Å². The maximum atomic E-state index is 12.6. The third-order valence-corrected chi connectivity index (χ3v) is 4.02. The lowest BCUT2D eigenvalue weighted by atomic mass is 10.0. The second kappa shape index (κ2) is 7.74. The molecule has 0 fully saturated rings. The van der Waals surface area contributed by atoms with Crippen molar-refractivity contribution >= 4 is 11.9 Å². The molecule has 1 heterocycles. The number of nitrogens with zero attached hydrogens (tertiary/aromatic N) is 2. The van der Waals surface area contributed by atoms with Crippen molar-refractivity contribution in [2.75, 3.05) is 21.3 Å². The van der Waals surface area contributed by atoms with E-state index in [1.807, 2.05) is 6.07 Å². The van der Waals surface area contributed by atoms with Crippen molar-refractivity contribution in [3.05, 3.63) is 65.9 Å². The fourth-order valence-electron chi connectivity index (χ4n) is 2.78. The number of aromatic nitrogens is 2. The van der Waals surface area contributed by atoms with Gasteiger partial charge in [-0.15, -0.1) is 0 Å². The summed E-state index contributed by atoms with van der Waals surface area (Å²) in [6, 6.07) is 16.1. The van der Waals surface area contributed by atoms with Crippen LogP contribution in [-0.4, -0.2) is 43.0 Å². The molecular formula is C20H18N2O5. The number of hydrogen-bond acceptors (Lipinski definition) is 6. The summed E-state index contributed by atoms with van der Waals surface area (Å²) in [6.45, 7) is 0. The van der Waals surface area contributed by atoms with Crippen LogP contribution in [-0.2, 0) is 9.47 Å². The fraction of sp³-hybridized carbons (Fsp3) is 0.150. The first-order valence-corrected chi connectivity index (χ1v) is 8.10. The van der Waals surface area contributed by atoms with Crippen molar-refractivity contribution in [3.63, 3.8) is 0 Å². The molecular weight excluding hydrogens is 348 g/mol. The molecule has 0 spiro atoms. The van der Waals surface area contributed by atoms with E-state index in [9.17, 15) is 9.59 Å². The van der Waals surface area contributed by atoms with Gasteiger partial charge in [-0.25, -0.2) is 14.3 Å². The summed E-state index contributed by atoms with van der Waals surface area (Å²) in [4.78, 5) is 25.1. The summed E-state index contributed by atoms with van der Waals surface area (Å²) >= 11 is 0. The lowest BCUT2D eigenvalue weighted by molar-refractivity contribution is 0.0549. The lowest BCUT2D eigenvalue weighted by Gasteiger charge is -2.07. The Morgan fingerprint density at radius 3 is 2.11 bits per heavy atom. The van der Waals surface area contributed by atoms with Gasteiger partial charge in [-0.1, -0.05) is 30.3 Å². The van der Waals surface area contributed by atoms with E-state index in [0.717, 1.165) is 0 Å². The highest BCUT2D eigenvalue weighted by Gasteiger charge is 2.32. The van der Waals surface area contributed by atoms with Crippen molar-refractivity contribution in [3.8, 4) is 22.7 Å². The fourth-order valence-corrected chi connectivity index (χ4v) is 2.78. The van der Waals surface area contributed by atoms with E-state index in [0.29, 0.717) is 17.0 Å². The molecule has 3 aromatic rings. The molecule has 2 aromatic carbocycles. The summed E-state index contributed by atoms with van der Waals surface area (Å²) in [5.74, 6) is -0.886. The van der Waals surface area contributed by atoms with Crippen LogP contribution in [0.3, 0.4) is 0 Å². The highest BCUT2D eigenvalue weighted by molar-refractivity contribution is 6.07. The third-order valence-electron chi connectivity index (χ3n) is 4.02. The van der Waals surface area contributed by atoms with Crippen LogP contribution in [0.1, 0.15) is 20.8 Å². The van der Waals surface area contributed by atoms with Crippen molar-refractivity contribution < 1.29 is 23.8 Å². The number of ether oxygens (including phenoxy) is 3. The minimum atomic E-state index is -0.701. The Hall–Kier alpha value is -3.61. The summed E-state index contributed by atoms with van der Waals surface area (Å²) in [5.41, 5.74) is 1.42. The molecule has 0 radical (unpaired) electrons. The van der Waals surface area contributed by atoms with E-state index in [2.05, 4.69) is 5.10 Å². The first kappa shape index (κ1) is 18.2. The minimum Gasteiger partial charge on any atom is -0.496 e. The summed E-state index contributed by atoms with van der Waals surface area (Å²) in [6.07, 6.45) is 0. The van der Waals surface area contributed by atoms with E-state index in [-0.39, 0.29) is 17.0 Å². The quantitative estimate of drug-likeness (QED) is 0.646. The standard InChI is InChI=1S/C20H18N2O5/c1-25-15-12-8-7-11-14(15)17-16(19(23)26-2)18(20(24)27-3)22(21-17)13-9-5-4-6-10-13/h4-12H,1-3H3. The van der Waals surface area contributed by atoms with Crippen molar-refractivity contribution in [1.82, 2.24) is 9.78 Å². The molecule has 138 valence electrons. The van der Waals surface area contributed by atoms with Crippen LogP contribution < -0.4 is 4.74 Å².